The molecule has 1 aliphatic carbocycles. The average molecular weight is 276 g/mol. The van der Waals surface area contributed by atoms with Crippen molar-refractivity contribution in [3.8, 4) is 0 Å². The van der Waals surface area contributed by atoms with Crippen molar-refractivity contribution in [3.05, 3.63) is 23.8 Å². The van der Waals surface area contributed by atoms with E-state index < -0.39 is 5.97 Å². The number of carboxylic acids is 1. The predicted octanol–water partition coefficient (Wildman–Crippen LogP) is 3.23. The van der Waals surface area contributed by atoms with E-state index in [1.807, 2.05) is 6.07 Å². The van der Waals surface area contributed by atoms with Gasteiger partial charge in [0, 0.05) is 13.1 Å². The molecule has 1 aromatic carbocycles. The Morgan fingerprint density at radius 3 is 2.35 bits per heavy atom. The lowest BCUT2D eigenvalue weighted by Gasteiger charge is -2.39. The summed E-state index contributed by atoms with van der Waals surface area (Å²) in [6.07, 6.45) is 3.62. The maximum absolute atomic E-state index is 11.0. The number of nitrogen functional groups attached to an aromatic ring is 1. The molecular weight excluding hydrogens is 252 g/mol. The molecule has 0 radical (unpaired) electrons. The maximum Gasteiger partial charge on any atom is 0.335 e. The smallest absolute Gasteiger partial charge is 0.335 e. The number of aromatic carboxylic acids is 1. The Labute approximate surface area is 120 Å². The number of carboxylic acid groups (broad SMARTS) is 1. The number of anilines is 2. The van der Waals surface area contributed by atoms with Gasteiger partial charge in [-0.05, 0) is 49.3 Å². The first-order valence-electron chi connectivity index (χ1n) is 7.24. The average Bonchev–Trinajstić information content (AvgIpc) is 2.36. The van der Waals surface area contributed by atoms with Crippen LogP contribution < -0.4 is 10.6 Å². The van der Waals surface area contributed by atoms with Crippen molar-refractivity contribution in [1.29, 1.82) is 0 Å². The molecule has 110 valence electrons. The molecule has 20 heavy (non-hydrogen) atoms. The molecule has 1 aliphatic rings. The Balaban J connectivity index is 2.20. The highest BCUT2D eigenvalue weighted by molar-refractivity contribution is 5.90. The molecule has 2 unspecified atom stereocenters. The molecule has 3 N–H and O–H groups in total. The standard InChI is InChI=1S/C16H24N2O2/c1-10-6-11(2)8-13(7-10)18(3)15-5-4-12(16(19)20)9-14(15)17/h4-5,9-11,13H,6-8,17H2,1-3H3,(H,19,20). The summed E-state index contributed by atoms with van der Waals surface area (Å²) in [5, 5.41) is 8.99. The lowest BCUT2D eigenvalue weighted by molar-refractivity contribution is 0.0697. The Bertz CT molecular complexity index is 491. The molecule has 0 saturated heterocycles. The minimum Gasteiger partial charge on any atom is -0.478 e. The van der Waals surface area contributed by atoms with Crippen LogP contribution in [0.3, 0.4) is 0 Å². The maximum atomic E-state index is 11.0. The highest BCUT2D eigenvalue weighted by Crippen LogP contribution is 2.35. The normalized spacial score (nSPS) is 26.2. The van der Waals surface area contributed by atoms with E-state index in [4.69, 9.17) is 10.8 Å². The van der Waals surface area contributed by atoms with Crippen LogP contribution in [0.1, 0.15) is 43.5 Å². The van der Waals surface area contributed by atoms with Gasteiger partial charge in [0.05, 0.1) is 16.9 Å². The van der Waals surface area contributed by atoms with Crippen molar-refractivity contribution in [2.24, 2.45) is 11.8 Å². The fourth-order valence-electron chi connectivity index (χ4n) is 3.43. The summed E-state index contributed by atoms with van der Waals surface area (Å²) >= 11 is 0. The molecule has 1 saturated carbocycles. The minimum absolute atomic E-state index is 0.241. The van der Waals surface area contributed by atoms with Gasteiger partial charge in [0.15, 0.2) is 0 Å². The number of benzene rings is 1. The molecule has 0 spiro atoms. The van der Waals surface area contributed by atoms with E-state index in [2.05, 4.69) is 25.8 Å². The predicted molar refractivity (Wildman–Crippen MR) is 82.2 cm³/mol. The first-order valence-corrected chi connectivity index (χ1v) is 7.24. The van der Waals surface area contributed by atoms with Crippen LogP contribution in [0, 0.1) is 11.8 Å². The summed E-state index contributed by atoms with van der Waals surface area (Å²) in [7, 11) is 2.06. The number of rotatable bonds is 3. The van der Waals surface area contributed by atoms with Crippen LogP contribution in [-0.2, 0) is 0 Å². The number of hydrogen-bond donors (Lipinski definition) is 2. The molecular formula is C16H24N2O2. The molecule has 1 aromatic rings. The lowest BCUT2D eigenvalue weighted by atomic mass is 9.80. The molecule has 1 fully saturated rings. The van der Waals surface area contributed by atoms with E-state index in [9.17, 15) is 4.79 Å². The Morgan fingerprint density at radius 2 is 1.85 bits per heavy atom. The fourth-order valence-corrected chi connectivity index (χ4v) is 3.43. The van der Waals surface area contributed by atoms with Crippen LogP contribution >= 0.6 is 0 Å². The van der Waals surface area contributed by atoms with Gasteiger partial charge in [0.1, 0.15) is 0 Å². The first-order chi connectivity index (χ1) is 9.38. The van der Waals surface area contributed by atoms with Crippen LogP contribution in [0.5, 0.6) is 0 Å². The van der Waals surface area contributed by atoms with Crippen LogP contribution in [-0.4, -0.2) is 24.2 Å². The van der Waals surface area contributed by atoms with Crippen molar-refractivity contribution >= 4 is 17.3 Å². The van der Waals surface area contributed by atoms with Crippen LogP contribution in [0.4, 0.5) is 11.4 Å². The second-order valence-corrected chi connectivity index (χ2v) is 6.26. The lowest BCUT2D eigenvalue weighted by Crippen LogP contribution is -2.38. The van der Waals surface area contributed by atoms with Crippen LogP contribution in [0.25, 0.3) is 0 Å². The third-order valence-corrected chi connectivity index (χ3v) is 4.36. The van der Waals surface area contributed by atoms with Gasteiger partial charge >= 0.3 is 5.97 Å². The number of nitrogens with zero attached hydrogens (tertiary/aromatic N) is 1. The summed E-state index contributed by atoms with van der Waals surface area (Å²) in [5.74, 6) is 0.516. The topological polar surface area (TPSA) is 66.6 Å². The minimum atomic E-state index is -0.939. The molecule has 2 atom stereocenters. The zero-order valence-electron chi connectivity index (χ0n) is 12.5. The highest BCUT2D eigenvalue weighted by Gasteiger charge is 2.27. The van der Waals surface area contributed by atoms with Crippen LogP contribution in [0.15, 0.2) is 18.2 Å². The van der Waals surface area contributed by atoms with Gasteiger partial charge in [0.2, 0.25) is 0 Å². The molecule has 0 heterocycles. The third kappa shape index (κ3) is 3.06. The van der Waals surface area contributed by atoms with Gasteiger partial charge in [-0.15, -0.1) is 0 Å². The number of carbonyl (C=O) groups is 1. The van der Waals surface area contributed by atoms with Crippen molar-refractivity contribution < 1.29 is 9.90 Å². The molecule has 4 nitrogen and oxygen atoms in total. The molecule has 0 bridgehead atoms. The Hall–Kier alpha value is -1.71. The summed E-state index contributed by atoms with van der Waals surface area (Å²) < 4.78 is 0. The van der Waals surface area contributed by atoms with Gasteiger partial charge in [-0.25, -0.2) is 4.79 Å². The largest absolute Gasteiger partial charge is 0.478 e. The third-order valence-electron chi connectivity index (χ3n) is 4.36. The van der Waals surface area contributed by atoms with Crippen molar-refractivity contribution in [2.75, 3.05) is 17.7 Å². The molecule has 0 amide bonds. The van der Waals surface area contributed by atoms with E-state index in [1.165, 1.54) is 19.3 Å². The summed E-state index contributed by atoms with van der Waals surface area (Å²) in [5.41, 5.74) is 7.74. The van der Waals surface area contributed by atoms with E-state index in [0.717, 1.165) is 17.5 Å². The SMILES string of the molecule is CC1CC(C)CC(N(C)c2ccc(C(=O)O)cc2N)C1. The van der Waals surface area contributed by atoms with Gasteiger partial charge in [0.25, 0.3) is 0 Å². The van der Waals surface area contributed by atoms with Gasteiger partial charge in [-0.2, -0.15) is 0 Å². The zero-order valence-corrected chi connectivity index (χ0v) is 12.5. The number of hydrogen-bond acceptors (Lipinski definition) is 3. The Morgan fingerprint density at radius 1 is 1.25 bits per heavy atom. The van der Waals surface area contributed by atoms with Gasteiger partial charge < -0.3 is 15.7 Å². The van der Waals surface area contributed by atoms with E-state index in [-0.39, 0.29) is 5.56 Å². The van der Waals surface area contributed by atoms with Crippen molar-refractivity contribution in [3.63, 3.8) is 0 Å². The van der Waals surface area contributed by atoms with E-state index >= 15 is 0 Å². The van der Waals surface area contributed by atoms with Crippen LogP contribution in [0.2, 0.25) is 0 Å². The quantitative estimate of drug-likeness (QED) is 0.832. The Kier molecular flexibility index (Phi) is 4.21. The molecule has 4 heteroatoms. The molecule has 0 aliphatic heterocycles. The summed E-state index contributed by atoms with van der Waals surface area (Å²) in [6.45, 7) is 4.60. The molecule has 2 rings (SSSR count). The molecule has 0 aromatic heterocycles. The first kappa shape index (κ1) is 14.7. The van der Waals surface area contributed by atoms with E-state index in [0.29, 0.717) is 11.7 Å². The van der Waals surface area contributed by atoms with Gasteiger partial charge in [-0.3, -0.25) is 0 Å². The van der Waals surface area contributed by atoms with Gasteiger partial charge in [-0.1, -0.05) is 13.8 Å². The zero-order chi connectivity index (χ0) is 14.9. The van der Waals surface area contributed by atoms with Crippen molar-refractivity contribution in [1.82, 2.24) is 0 Å². The van der Waals surface area contributed by atoms with E-state index in [1.54, 1.807) is 12.1 Å². The monoisotopic (exact) mass is 276 g/mol. The van der Waals surface area contributed by atoms with Crippen molar-refractivity contribution in [2.45, 2.75) is 39.2 Å². The summed E-state index contributed by atoms with van der Waals surface area (Å²) in [4.78, 5) is 13.2. The summed E-state index contributed by atoms with van der Waals surface area (Å²) in [6, 6.07) is 5.47. The second kappa shape index (κ2) is 5.73. The fraction of sp³-hybridized carbons (Fsp3) is 0.562. The highest BCUT2D eigenvalue weighted by atomic mass is 16.4. The second-order valence-electron chi connectivity index (χ2n) is 6.26. The number of nitrogens with two attached hydrogens (primary N) is 1.